The van der Waals surface area contributed by atoms with Gasteiger partial charge in [0.25, 0.3) is 0 Å². The Labute approximate surface area is 338 Å². The molecule has 0 amide bonds. The number of furan rings is 1. The zero-order chi connectivity index (χ0) is 38.3. The Morgan fingerprint density at radius 2 is 1.44 bits per heavy atom. The Balaban J connectivity index is 0.000000223. The molecule has 0 aliphatic heterocycles. The molecular weight excluding hydrogens is 853 g/mol. The van der Waals surface area contributed by atoms with E-state index in [1.165, 1.54) is 44.1 Å². The van der Waals surface area contributed by atoms with Crippen LogP contribution in [0.5, 0.6) is 0 Å². The summed E-state index contributed by atoms with van der Waals surface area (Å²) in [5.74, 6) is 0. The Kier molecular flexibility index (Phi) is 12.1. The van der Waals surface area contributed by atoms with Crippen molar-refractivity contribution in [1.29, 1.82) is 0 Å². The van der Waals surface area contributed by atoms with Crippen molar-refractivity contribution in [2.75, 3.05) is 0 Å². The quantitative estimate of drug-likeness (QED) is 0.128. The first kappa shape index (κ1) is 41.0. The van der Waals surface area contributed by atoms with Gasteiger partial charge in [-0.25, -0.2) is 0 Å². The number of hydrogen-bond donors (Lipinski definition) is 0. The molecule has 0 N–H and O–H groups in total. The van der Waals surface area contributed by atoms with Gasteiger partial charge in [-0.3, -0.25) is 0 Å². The molecule has 0 aliphatic carbocycles. The Hall–Kier alpha value is -4.15. The van der Waals surface area contributed by atoms with E-state index in [-0.39, 0.29) is 30.9 Å². The van der Waals surface area contributed by atoms with Crippen LogP contribution < -0.4 is 5.19 Å². The number of benzene rings is 4. The van der Waals surface area contributed by atoms with Crippen molar-refractivity contribution in [2.45, 2.75) is 93.8 Å². The number of pyridine rings is 2. The topological polar surface area (TPSA) is 38.9 Å². The Morgan fingerprint density at radius 1 is 0.722 bits per heavy atom. The fourth-order valence-corrected chi connectivity index (χ4v) is 8.92. The number of aromatic nitrogens is 2. The summed E-state index contributed by atoms with van der Waals surface area (Å²) in [5.41, 5.74) is 15.0. The molecule has 4 aromatic carbocycles. The fourth-order valence-electron chi connectivity index (χ4n) is 7.35. The van der Waals surface area contributed by atoms with E-state index in [1.807, 2.05) is 30.5 Å². The van der Waals surface area contributed by atoms with Crippen molar-refractivity contribution in [3.05, 3.63) is 137 Å². The second-order valence-electron chi connectivity index (χ2n) is 17.9. The summed E-state index contributed by atoms with van der Waals surface area (Å²) < 4.78 is 6.46. The number of nitrogens with zero attached hydrogens (tertiary/aromatic N) is 2. The van der Waals surface area contributed by atoms with E-state index in [4.69, 9.17) is 9.40 Å². The summed E-state index contributed by atoms with van der Waals surface area (Å²) in [7, 11) is -1.37. The molecule has 7 aromatic rings. The Morgan fingerprint density at radius 3 is 2.07 bits per heavy atom. The molecule has 5 heteroatoms. The van der Waals surface area contributed by atoms with Gasteiger partial charge in [-0.15, -0.1) is 54.1 Å². The molecular formula is C49H54IrN2OSi-2. The third-order valence-corrected chi connectivity index (χ3v) is 11.9. The minimum absolute atomic E-state index is 0. The maximum Gasteiger partial charge on any atom is 0.121 e. The molecule has 0 saturated heterocycles. The van der Waals surface area contributed by atoms with Gasteiger partial charge in [-0.1, -0.05) is 120 Å². The molecule has 3 heterocycles. The standard InChI is InChI=1S/C30H28NO.C19H26NSi.Ir/c1-18-14-19(2)28(20(3)15-18)21-10-11-23-24-8-7-9-25(29(24)32-27(23)16-21)26-17-22(12-13-31-26)30(4,5)6;1-19(2,3)13-16-12-17(15-10-8-7-9-11-15)20-14-18(16)21(4,5)6;/h7-8,10-17H,1-6H3;7-10,12,14H,13H2,1-6H3;/q2*-1;. The molecule has 7 rings (SSSR count). The summed E-state index contributed by atoms with van der Waals surface area (Å²) >= 11 is 0. The Bertz CT molecular complexity index is 2380. The van der Waals surface area contributed by atoms with Crippen LogP contribution in [0.3, 0.4) is 0 Å². The minimum atomic E-state index is -1.37. The van der Waals surface area contributed by atoms with Gasteiger partial charge in [-0.05, 0) is 94.5 Å². The molecule has 281 valence electrons. The third-order valence-electron chi connectivity index (χ3n) is 9.78. The second kappa shape index (κ2) is 15.9. The number of fused-ring (bicyclic) bond motifs is 3. The van der Waals surface area contributed by atoms with Crippen LogP contribution in [0.1, 0.15) is 69.4 Å². The molecule has 0 spiro atoms. The monoisotopic (exact) mass is 907 g/mol. The second-order valence-corrected chi connectivity index (χ2v) is 22.9. The van der Waals surface area contributed by atoms with Crippen LogP contribution in [0.25, 0.3) is 55.6 Å². The molecule has 0 aliphatic rings. The number of aryl methyl sites for hydroxylation is 3. The summed E-state index contributed by atoms with van der Waals surface area (Å²) in [6, 6.07) is 36.4. The van der Waals surface area contributed by atoms with Crippen LogP contribution in [0.2, 0.25) is 19.6 Å². The predicted octanol–water partition coefficient (Wildman–Crippen LogP) is 13.0. The molecule has 3 nitrogen and oxygen atoms in total. The first-order valence-corrected chi connectivity index (χ1v) is 22.3. The van der Waals surface area contributed by atoms with E-state index < -0.39 is 8.07 Å². The van der Waals surface area contributed by atoms with Crippen LogP contribution in [-0.4, -0.2) is 18.0 Å². The van der Waals surface area contributed by atoms with Gasteiger partial charge in [0.15, 0.2) is 0 Å². The maximum atomic E-state index is 6.46. The van der Waals surface area contributed by atoms with Crippen molar-refractivity contribution in [2.24, 2.45) is 5.41 Å². The number of rotatable bonds is 5. The van der Waals surface area contributed by atoms with Crippen LogP contribution in [0.15, 0.2) is 102 Å². The maximum absolute atomic E-state index is 6.46. The van der Waals surface area contributed by atoms with Crippen molar-refractivity contribution in [1.82, 2.24) is 9.97 Å². The van der Waals surface area contributed by atoms with Crippen LogP contribution >= 0.6 is 0 Å². The van der Waals surface area contributed by atoms with Crippen molar-refractivity contribution in [3.8, 4) is 33.6 Å². The molecule has 54 heavy (non-hydrogen) atoms. The van der Waals surface area contributed by atoms with Crippen molar-refractivity contribution < 1.29 is 24.5 Å². The average Bonchev–Trinajstić information content (AvgIpc) is 3.45. The first-order chi connectivity index (χ1) is 24.9. The first-order valence-electron chi connectivity index (χ1n) is 18.8. The van der Waals surface area contributed by atoms with Crippen LogP contribution in [0.4, 0.5) is 0 Å². The van der Waals surface area contributed by atoms with Crippen molar-refractivity contribution >= 4 is 35.2 Å². The van der Waals surface area contributed by atoms with E-state index in [1.54, 1.807) is 0 Å². The van der Waals surface area contributed by atoms with Gasteiger partial charge in [-0.2, -0.15) is 0 Å². The van der Waals surface area contributed by atoms with Gasteiger partial charge < -0.3 is 14.4 Å². The van der Waals surface area contributed by atoms with Crippen molar-refractivity contribution in [3.63, 3.8) is 0 Å². The van der Waals surface area contributed by atoms with Crippen LogP contribution in [0, 0.1) is 38.3 Å². The normalized spacial score (nSPS) is 12.0. The zero-order valence-electron chi connectivity index (χ0n) is 34.1. The smallest absolute Gasteiger partial charge is 0.121 e. The SMILES string of the molecule is CC(C)(C)Cc1cc(-c2[c-]cccc2)ncc1[Si](C)(C)C.Cc1cc(C)c(-c2ccc3c(c2)oc2c(-c4cc(C(C)(C)C)ccn4)[c-]ccc23)c(C)c1.[Ir]. The molecule has 0 fully saturated rings. The van der Waals surface area contributed by atoms with E-state index in [9.17, 15) is 0 Å². The van der Waals surface area contributed by atoms with Crippen LogP contribution in [-0.2, 0) is 31.9 Å². The summed E-state index contributed by atoms with van der Waals surface area (Å²) in [6.07, 6.45) is 5.09. The van der Waals surface area contributed by atoms with Gasteiger partial charge >= 0.3 is 0 Å². The van der Waals surface area contributed by atoms with Gasteiger partial charge in [0.1, 0.15) is 5.58 Å². The molecule has 0 bridgehead atoms. The summed E-state index contributed by atoms with van der Waals surface area (Å²) in [6.45, 7) is 27.2. The number of hydrogen-bond acceptors (Lipinski definition) is 3. The predicted molar refractivity (Wildman–Crippen MR) is 229 cm³/mol. The fraction of sp³-hybridized carbons (Fsp3) is 0.306. The van der Waals surface area contributed by atoms with E-state index in [0.717, 1.165) is 50.9 Å². The van der Waals surface area contributed by atoms with Gasteiger partial charge in [0.2, 0.25) is 0 Å². The zero-order valence-corrected chi connectivity index (χ0v) is 37.5. The van der Waals surface area contributed by atoms with Gasteiger partial charge in [0.05, 0.1) is 13.7 Å². The summed E-state index contributed by atoms with van der Waals surface area (Å²) in [4.78, 5) is 9.36. The largest absolute Gasteiger partial charge is 0.501 e. The van der Waals surface area contributed by atoms with E-state index in [0.29, 0.717) is 0 Å². The molecule has 0 saturated carbocycles. The third kappa shape index (κ3) is 9.20. The van der Waals surface area contributed by atoms with Gasteiger partial charge in [0, 0.05) is 37.9 Å². The molecule has 1 radical (unpaired) electrons. The van der Waals surface area contributed by atoms with E-state index in [2.05, 4.69) is 166 Å². The minimum Gasteiger partial charge on any atom is -0.501 e. The van der Waals surface area contributed by atoms with E-state index >= 15 is 0 Å². The summed E-state index contributed by atoms with van der Waals surface area (Å²) in [5, 5.41) is 3.70. The average molecular weight is 907 g/mol. The molecule has 0 atom stereocenters. The molecule has 3 aromatic heterocycles. The molecule has 0 unspecified atom stereocenters.